The van der Waals surface area contributed by atoms with Crippen LogP contribution >= 0.6 is 0 Å². The normalized spacial score (nSPS) is 18.7. The highest BCUT2D eigenvalue weighted by atomic mass is 19.1. The lowest BCUT2D eigenvalue weighted by atomic mass is 9.77. The molecule has 0 spiro atoms. The molecular formula is C30H35F3. The first kappa shape index (κ1) is 23.9. The Bertz CT molecular complexity index is 1040. The molecule has 0 amide bonds. The van der Waals surface area contributed by atoms with Crippen molar-refractivity contribution in [2.24, 2.45) is 11.8 Å². The van der Waals surface area contributed by atoms with E-state index in [1.54, 1.807) is 6.07 Å². The minimum absolute atomic E-state index is 0.219. The van der Waals surface area contributed by atoms with E-state index < -0.39 is 17.5 Å². The molecule has 3 aromatic rings. The van der Waals surface area contributed by atoms with Crippen molar-refractivity contribution in [1.82, 2.24) is 0 Å². The summed E-state index contributed by atoms with van der Waals surface area (Å²) in [6, 6.07) is 12.5. The molecule has 1 fully saturated rings. The Hall–Kier alpha value is -2.29. The fourth-order valence-corrected chi connectivity index (χ4v) is 5.47. The topological polar surface area (TPSA) is 0 Å². The zero-order valence-electron chi connectivity index (χ0n) is 19.7. The van der Waals surface area contributed by atoms with E-state index in [0.717, 1.165) is 29.7 Å². The largest absolute Gasteiger partial charge is 0.207 e. The average Bonchev–Trinajstić information content (AvgIpc) is 2.81. The second-order valence-electron chi connectivity index (χ2n) is 9.92. The predicted molar refractivity (Wildman–Crippen MR) is 132 cm³/mol. The highest BCUT2D eigenvalue weighted by molar-refractivity contribution is 5.88. The van der Waals surface area contributed by atoms with Crippen LogP contribution in [0.1, 0.15) is 76.7 Å². The van der Waals surface area contributed by atoms with Crippen LogP contribution in [0.25, 0.3) is 21.9 Å². The van der Waals surface area contributed by atoms with E-state index in [2.05, 4.69) is 13.0 Å². The van der Waals surface area contributed by atoms with Gasteiger partial charge in [-0.3, -0.25) is 0 Å². The van der Waals surface area contributed by atoms with Gasteiger partial charge in [0.05, 0.1) is 0 Å². The lowest BCUT2D eigenvalue weighted by Crippen LogP contribution is -2.15. The summed E-state index contributed by atoms with van der Waals surface area (Å²) in [4.78, 5) is 0. The predicted octanol–water partition coefficient (Wildman–Crippen LogP) is 9.63. The number of rotatable bonds is 9. The molecule has 0 heterocycles. The van der Waals surface area contributed by atoms with E-state index in [0.29, 0.717) is 5.39 Å². The zero-order chi connectivity index (χ0) is 23.2. The van der Waals surface area contributed by atoms with Gasteiger partial charge in [-0.05, 0) is 53.3 Å². The molecule has 3 heteroatoms. The SMILES string of the molecule is CCCCCC[C@H]1CC[C@H](CCc2ccc3c(F)c(-c4cc(F)cc(F)c4)ccc3c2)CC1. The summed E-state index contributed by atoms with van der Waals surface area (Å²) in [5.41, 5.74) is 1.67. The molecule has 3 aromatic carbocycles. The fraction of sp³-hybridized carbons (Fsp3) is 0.467. The first-order valence-corrected chi connectivity index (χ1v) is 12.7. The van der Waals surface area contributed by atoms with Crippen LogP contribution in [0.3, 0.4) is 0 Å². The van der Waals surface area contributed by atoms with Crippen molar-refractivity contribution < 1.29 is 13.2 Å². The summed E-state index contributed by atoms with van der Waals surface area (Å²) < 4.78 is 42.3. The third-order valence-corrected chi connectivity index (χ3v) is 7.47. The van der Waals surface area contributed by atoms with Crippen molar-refractivity contribution in [2.45, 2.75) is 77.6 Å². The molecule has 0 aromatic heterocycles. The van der Waals surface area contributed by atoms with Crippen molar-refractivity contribution in [2.75, 3.05) is 0 Å². The molecule has 0 nitrogen and oxygen atoms in total. The van der Waals surface area contributed by atoms with Crippen molar-refractivity contribution in [3.63, 3.8) is 0 Å². The minimum atomic E-state index is -0.703. The van der Waals surface area contributed by atoms with Gasteiger partial charge in [-0.1, -0.05) is 95.0 Å². The fourth-order valence-electron chi connectivity index (χ4n) is 5.47. The molecule has 0 unspecified atom stereocenters. The summed E-state index contributed by atoms with van der Waals surface area (Å²) in [6.45, 7) is 2.27. The van der Waals surface area contributed by atoms with Crippen LogP contribution in [-0.2, 0) is 6.42 Å². The third-order valence-electron chi connectivity index (χ3n) is 7.47. The average molecular weight is 453 g/mol. The van der Waals surface area contributed by atoms with E-state index >= 15 is 4.39 Å². The van der Waals surface area contributed by atoms with Crippen LogP contribution in [-0.4, -0.2) is 0 Å². The van der Waals surface area contributed by atoms with E-state index in [4.69, 9.17) is 0 Å². The maximum absolute atomic E-state index is 15.1. The van der Waals surface area contributed by atoms with Crippen molar-refractivity contribution in [3.8, 4) is 11.1 Å². The Balaban J connectivity index is 1.35. The molecule has 1 saturated carbocycles. The molecule has 0 radical (unpaired) electrons. The summed E-state index contributed by atoms with van der Waals surface area (Å²) in [5.74, 6) is -0.103. The molecule has 0 saturated heterocycles. The molecule has 0 bridgehead atoms. The summed E-state index contributed by atoms with van der Waals surface area (Å²) in [7, 11) is 0. The number of unbranched alkanes of at least 4 members (excludes halogenated alkanes) is 3. The van der Waals surface area contributed by atoms with Gasteiger partial charge < -0.3 is 0 Å². The Morgan fingerprint density at radius 3 is 2.12 bits per heavy atom. The molecule has 1 aliphatic carbocycles. The Kier molecular flexibility index (Phi) is 8.11. The zero-order valence-corrected chi connectivity index (χ0v) is 19.7. The summed E-state index contributed by atoms with van der Waals surface area (Å²) in [6.07, 6.45) is 14.5. The van der Waals surface area contributed by atoms with E-state index in [1.165, 1.54) is 81.9 Å². The van der Waals surface area contributed by atoms with Crippen LogP contribution < -0.4 is 0 Å². The van der Waals surface area contributed by atoms with Gasteiger partial charge in [0.25, 0.3) is 0 Å². The Morgan fingerprint density at radius 2 is 1.42 bits per heavy atom. The minimum Gasteiger partial charge on any atom is -0.207 e. The standard InChI is InChI=1S/C30H35F3/c1-2-3-4-5-6-21-7-9-22(10-8-21)11-12-23-13-15-28-24(17-23)14-16-29(30(28)33)25-18-26(31)20-27(32)19-25/h13-22H,2-12H2,1H3/t21-,22-. The van der Waals surface area contributed by atoms with Crippen LogP contribution in [0.4, 0.5) is 13.2 Å². The third kappa shape index (κ3) is 6.19. The molecule has 176 valence electrons. The van der Waals surface area contributed by atoms with E-state index in [1.807, 2.05) is 18.2 Å². The quantitative estimate of drug-likeness (QED) is 0.283. The lowest BCUT2D eigenvalue weighted by molar-refractivity contribution is 0.249. The number of benzene rings is 3. The first-order valence-electron chi connectivity index (χ1n) is 12.7. The molecule has 0 atom stereocenters. The van der Waals surface area contributed by atoms with Crippen molar-refractivity contribution in [1.29, 1.82) is 0 Å². The van der Waals surface area contributed by atoms with Crippen LogP contribution in [0.5, 0.6) is 0 Å². The maximum Gasteiger partial charge on any atom is 0.138 e. The van der Waals surface area contributed by atoms with Crippen LogP contribution in [0.15, 0.2) is 48.5 Å². The van der Waals surface area contributed by atoms with Gasteiger partial charge in [-0.15, -0.1) is 0 Å². The number of fused-ring (bicyclic) bond motifs is 1. The highest BCUT2D eigenvalue weighted by Crippen LogP contribution is 2.35. The van der Waals surface area contributed by atoms with Gasteiger partial charge in [-0.25, -0.2) is 13.2 Å². The van der Waals surface area contributed by atoms with Gasteiger partial charge in [0.1, 0.15) is 17.5 Å². The molecule has 1 aliphatic rings. The first-order chi connectivity index (χ1) is 16.0. The molecule has 0 aliphatic heterocycles. The van der Waals surface area contributed by atoms with E-state index in [-0.39, 0.29) is 11.1 Å². The molecule has 33 heavy (non-hydrogen) atoms. The van der Waals surface area contributed by atoms with Gasteiger partial charge >= 0.3 is 0 Å². The monoisotopic (exact) mass is 452 g/mol. The Morgan fingerprint density at radius 1 is 0.727 bits per heavy atom. The number of hydrogen-bond acceptors (Lipinski definition) is 0. The van der Waals surface area contributed by atoms with Crippen molar-refractivity contribution >= 4 is 10.8 Å². The number of hydrogen-bond donors (Lipinski definition) is 0. The number of aryl methyl sites for hydroxylation is 1. The lowest BCUT2D eigenvalue weighted by Gasteiger charge is -2.28. The van der Waals surface area contributed by atoms with Gasteiger partial charge in [-0.2, -0.15) is 0 Å². The van der Waals surface area contributed by atoms with Crippen LogP contribution in [0, 0.1) is 29.3 Å². The smallest absolute Gasteiger partial charge is 0.138 e. The maximum atomic E-state index is 15.1. The molecule has 4 rings (SSSR count). The van der Waals surface area contributed by atoms with Gasteiger partial charge in [0, 0.05) is 17.0 Å². The van der Waals surface area contributed by atoms with Gasteiger partial charge in [0.2, 0.25) is 0 Å². The van der Waals surface area contributed by atoms with E-state index in [9.17, 15) is 8.78 Å². The second kappa shape index (κ2) is 11.2. The molecular weight excluding hydrogens is 417 g/mol. The Labute approximate surface area is 196 Å². The summed E-state index contributed by atoms with van der Waals surface area (Å²) in [5, 5.41) is 1.32. The summed E-state index contributed by atoms with van der Waals surface area (Å²) >= 11 is 0. The molecule has 0 N–H and O–H groups in total. The number of halogens is 3. The highest BCUT2D eigenvalue weighted by Gasteiger charge is 2.21. The second-order valence-corrected chi connectivity index (χ2v) is 9.92. The van der Waals surface area contributed by atoms with Crippen LogP contribution in [0.2, 0.25) is 0 Å². The van der Waals surface area contributed by atoms with Crippen molar-refractivity contribution in [3.05, 3.63) is 71.5 Å². The van der Waals surface area contributed by atoms with Gasteiger partial charge in [0.15, 0.2) is 0 Å².